The van der Waals surface area contributed by atoms with E-state index in [-0.39, 0.29) is 0 Å². The van der Waals surface area contributed by atoms with E-state index in [4.69, 9.17) is 0 Å². The van der Waals surface area contributed by atoms with Crippen molar-refractivity contribution in [2.75, 3.05) is 13.1 Å². The molecule has 1 unspecified atom stereocenters. The molecule has 0 saturated carbocycles. The van der Waals surface area contributed by atoms with Gasteiger partial charge in [0.1, 0.15) is 11.6 Å². The third-order valence-electron chi connectivity index (χ3n) is 4.02. The number of nitrogens with one attached hydrogen (secondary N) is 1. The van der Waals surface area contributed by atoms with Crippen molar-refractivity contribution in [1.82, 2.24) is 29.6 Å². The van der Waals surface area contributed by atoms with Crippen molar-refractivity contribution in [2.24, 2.45) is 0 Å². The molecule has 0 aliphatic carbocycles. The van der Waals surface area contributed by atoms with Gasteiger partial charge in [0.25, 0.3) is 0 Å². The molecule has 3 rings (SSSR count). The molecule has 6 nitrogen and oxygen atoms in total. The van der Waals surface area contributed by atoms with Crippen LogP contribution < -0.4 is 0 Å². The number of hydrogen-bond donors (Lipinski definition) is 1. The lowest BCUT2D eigenvalue weighted by molar-refractivity contribution is 0.238. The molecule has 0 aromatic carbocycles. The number of hydrogen-bond acceptors (Lipinski definition) is 4. The predicted molar refractivity (Wildman–Crippen MR) is 76.3 cm³/mol. The summed E-state index contributed by atoms with van der Waals surface area (Å²) in [7, 11) is 0. The summed E-state index contributed by atoms with van der Waals surface area (Å²) in [5.74, 6) is 3.01. The normalized spacial score (nSPS) is 19.8. The molecule has 1 aliphatic rings. The fraction of sp³-hybridized carbons (Fsp3) is 0.643. The highest BCUT2D eigenvalue weighted by molar-refractivity contribution is 4.99. The highest BCUT2D eigenvalue weighted by atomic mass is 15.3. The molecular formula is C14H22N6. The molecule has 0 radical (unpaired) electrons. The molecule has 0 bridgehead atoms. The van der Waals surface area contributed by atoms with Crippen LogP contribution in [-0.4, -0.2) is 42.7 Å². The van der Waals surface area contributed by atoms with E-state index in [0.29, 0.717) is 6.04 Å². The van der Waals surface area contributed by atoms with Gasteiger partial charge in [-0.15, -0.1) is 0 Å². The van der Waals surface area contributed by atoms with E-state index < -0.39 is 0 Å². The van der Waals surface area contributed by atoms with Gasteiger partial charge < -0.3 is 4.57 Å². The number of nitrogens with zero attached hydrogens (tertiary/aromatic N) is 5. The number of aromatic amines is 1. The zero-order valence-electron chi connectivity index (χ0n) is 12.2. The average Bonchev–Trinajstić information content (AvgIpc) is 3.15. The highest BCUT2D eigenvalue weighted by Gasteiger charge is 2.28. The van der Waals surface area contributed by atoms with Crippen LogP contribution in [-0.2, 0) is 13.0 Å². The minimum atomic E-state index is 0.369. The van der Waals surface area contributed by atoms with E-state index >= 15 is 0 Å². The van der Waals surface area contributed by atoms with Crippen LogP contribution in [0.15, 0.2) is 12.4 Å². The smallest absolute Gasteiger partial charge is 0.167 e. The van der Waals surface area contributed by atoms with Crippen LogP contribution in [0.3, 0.4) is 0 Å². The van der Waals surface area contributed by atoms with Crippen molar-refractivity contribution < 1.29 is 0 Å². The third-order valence-corrected chi connectivity index (χ3v) is 4.02. The summed E-state index contributed by atoms with van der Waals surface area (Å²) in [6, 6.07) is 0.369. The van der Waals surface area contributed by atoms with Gasteiger partial charge in [-0.05, 0) is 26.3 Å². The minimum Gasteiger partial charge on any atom is -0.334 e. The quantitative estimate of drug-likeness (QED) is 0.901. The van der Waals surface area contributed by atoms with E-state index in [2.05, 4.69) is 42.8 Å². The molecule has 108 valence electrons. The van der Waals surface area contributed by atoms with Gasteiger partial charge >= 0.3 is 0 Å². The Morgan fingerprint density at radius 3 is 3.05 bits per heavy atom. The Balaban J connectivity index is 1.64. The molecule has 2 aromatic heterocycles. The monoisotopic (exact) mass is 274 g/mol. The van der Waals surface area contributed by atoms with E-state index in [9.17, 15) is 0 Å². The second kappa shape index (κ2) is 5.75. The molecular weight excluding hydrogens is 252 g/mol. The zero-order chi connectivity index (χ0) is 13.9. The lowest BCUT2D eigenvalue weighted by Crippen LogP contribution is -2.28. The first kappa shape index (κ1) is 13.3. The van der Waals surface area contributed by atoms with Crippen molar-refractivity contribution in [1.29, 1.82) is 0 Å². The summed E-state index contributed by atoms with van der Waals surface area (Å²) in [6.45, 7) is 7.25. The summed E-state index contributed by atoms with van der Waals surface area (Å²) in [4.78, 5) is 11.4. The van der Waals surface area contributed by atoms with E-state index in [1.54, 1.807) is 0 Å². The number of H-pyrrole nitrogens is 1. The standard InChI is InChI=1S/C14H22N6/c1-3-13-15-6-8-20(13)10-9-19-7-4-5-12(19)14-16-11(2)17-18-14/h6,8,12H,3-5,7,9-10H2,1-2H3,(H,16,17,18). The maximum Gasteiger partial charge on any atom is 0.167 e. The fourth-order valence-corrected chi connectivity index (χ4v) is 2.99. The van der Waals surface area contributed by atoms with Gasteiger partial charge in [-0.25, -0.2) is 9.97 Å². The van der Waals surface area contributed by atoms with Crippen LogP contribution in [0, 0.1) is 6.92 Å². The van der Waals surface area contributed by atoms with Crippen molar-refractivity contribution in [3.8, 4) is 0 Å². The Morgan fingerprint density at radius 1 is 1.40 bits per heavy atom. The van der Waals surface area contributed by atoms with E-state index in [0.717, 1.165) is 49.9 Å². The Hall–Kier alpha value is -1.69. The lowest BCUT2D eigenvalue weighted by atomic mass is 10.2. The first-order valence-corrected chi connectivity index (χ1v) is 7.41. The number of likely N-dealkylation sites (tertiary alicyclic amines) is 1. The Morgan fingerprint density at radius 2 is 2.30 bits per heavy atom. The zero-order valence-corrected chi connectivity index (χ0v) is 12.2. The van der Waals surface area contributed by atoms with Crippen LogP contribution in [0.5, 0.6) is 0 Å². The van der Waals surface area contributed by atoms with Gasteiger partial charge in [0, 0.05) is 31.9 Å². The predicted octanol–water partition coefficient (Wildman–Crippen LogP) is 1.71. The summed E-state index contributed by atoms with van der Waals surface area (Å²) >= 11 is 0. The first-order valence-electron chi connectivity index (χ1n) is 7.41. The average molecular weight is 274 g/mol. The van der Waals surface area contributed by atoms with Crippen molar-refractivity contribution >= 4 is 0 Å². The Bertz CT molecular complexity index is 558. The van der Waals surface area contributed by atoms with Crippen molar-refractivity contribution in [3.63, 3.8) is 0 Å². The summed E-state index contributed by atoms with van der Waals surface area (Å²) in [6.07, 6.45) is 7.32. The maximum atomic E-state index is 4.49. The van der Waals surface area contributed by atoms with Gasteiger partial charge in [-0.1, -0.05) is 6.92 Å². The van der Waals surface area contributed by atoms with Crippen LogP contribution in [0.1, 0.15) is 43.3 Å². The maximum absolute atomic E-state index is 4.49. The van der Waals surface area contributed by atoms with Gasteiger partial charge in [-0.2, -0.15) is 5.10 Å². The minimum absolute atomic E-state index is 0.369. The van der Waals surface area contributed by atoms with Gasteiger partial charge in [0.15, 0.2) is 5.82 Å². The largest absolute Gasteiger partial charge is 0.334 e. The molecule has 2 aromatic rings. The molecule has 3 heterocycles. The van der Waals surface area contributed by atoms with E-state index in [1.807, 2.05) is 13.1 Å². The third kappa shape index (κ3) is 2.60. The molecule has 1 saturated heterocycles. The number of aromatic nitrogens is 5. The molecule has 1 fully saturated rings. The molecule has 1 aliphatic heterocycles. The van der Waals surface area contributed by atoms with Crippen LogP contribution in [0.4, 0.5) is 0 Å². The number of imidazole rings is 1. The SMILES string of the molecule is CCc1nccn1CCN1CCCC1c1n[nH]c(C)n1. The highest BCUT2D eigenvalue weighted by Crippen LogP contribution is 2.29. The van der Waals surface area contributed by atoms with Crippen LogP contribution >= 0.6 is 0 Å². The Kier molecular flexibility index (Phi) is 3.82. The second-order valence-electron chi connectivity index (χ2n) is 5.36. The number of rotatable bonds is 5. The van der Waals surface area contributed by atoms with Gasteiger partial charge in [0.2, 0.25) is 0 Å². The molecule has 1 atom stereocenters. The molecule has 0 spiro atoms. The van der Waals surface area contributed by atoms with E-state index in [1.165, 1.54) is 6.42 Å². The fourth-order valence-electron chi connectivity index (χ4n) is 2.99. The number of aryl methyl sites for hydroxylation is 2. The first-order chi connectivity index (χ1) is 9.78. The lowest BCUT2D eigenvalue weighted by Gasteiger charge is -2.22. The topological polar surface area (TPSA) is 62.6 Å². The van der Waals surface area contributed by atoms with Gasteiger partial charge in [-0.3, -0.25) is 10.00 Å². The molecule has 1 N–H and O–H groups in total. The summed E-state index contributed by atoms with van der Waals surface area (Å²) in [5.41, 5.74) is 0. The second-order valence-corrected chi connectivity index (χ2v) is 5.36. The molecule has 6 heteroatoms. The van der Waals surface area contributed by atoms with Crippen LogP contribution in [0.25, 0.3) is 0 Å². The van der Waals surface area contributed by atoms with Crippen molar-refractivity contribution in [3.05, 3.63) is 29.9 Å². The summed E-state index contributed by atoms with van der Waals surface area (Å²) < 4.78 is 2.25. The summed E-state index contributed by atoms with van der Waals surface area (Å²) in [5, 5.41) is 7.28. The molecule has 0 amide bonds. The van der Waals surface area contributed by atoms with Gasteiger partial charge in [0.05, 0.1) is 6.04 Å². The Labute approximate surface area is 119 Å². The van der Waals surface area contributed by atoms with Crippen LogP contribution in [0.2, 0.25) is 0 Å². The van der Waals surface area contributed by atoms with Crippen molar-refractivity contribution in [2.45, 2.75) is 45.7 Å². The molecule has 20 heavy (non-hydrogen) atoms.